The molecule has 1 aromatic rings. The zero-order valence-corrected chi connectivity index (χ0v) is 19.7. The zero-order valence-electron chi connectivity index (χ0n) is 14.8. The molecular formula is C14H22NNa2O6P. The standard InChI is InChI=1S/C14H24NO6P.2Na/c1-15(14(9-16,10-17)11-21-2)7-12-5-3-4-6-13(12)8-22(18,19)20;;/h3-6,16-17H,7-11H2,1-2H3,(H2,18,19,20);;/q;2*+1/p-2. The summed E-state index contributed by atoms with van der Waals surface area (Å²) in [5, 5.41) is 19.2. The molecule has 1 rings (SSSR count). The summed E-state index contributed by atoms with van der Waals surface area (Å²) < 4.78 is 16.1. The van der Waals surface area contributed by atoms with Crippen LogP contribution < -0.4 is 68.9 Å². The fraction of sp³-hybridized carbons (Fsp3) is 0.571. The van der Waals surface area contributed by atoms with Crippen LogP contribution in [0.3, 0.4) is 0 Å². The maximum Gasteiger partial charge on any atom is 1.00 e. The van der Waals surface area contributed by atoms with Gasteiger partial charge in [-0.15, -0.1) is 0 Å². The molecule has 0 saturated carbocycles. The molecular weight excluding hydrogens is 355 g/mol. The molecule has 0 aliphatic carbocycles. The van der Waals surface area contributed by atoms with Crippen LogP contribution in [0.5, 0.6) is 0 Å². The monoisotopic (exact) mass is 377 g/mol. The molecule has 2 N–H and O–H groups in total. The normalized spacial score (nSPS) is 11.8. The number of likely N-dealkylation sites (N-methyl/N-ethyl adjacent to an activating group) is 1. The third-order valence-electron chi connectivity index (χ3n) is 3.70. The second-order valence-electron chi connectivity index (χ2n) is 5.37. The Balaban J connectivity index is 0. The number of aliphatic hydroxyl groups excluding tert-OH is 2. The van der Waals surface area contributed by atoms with Gasteiger partial charge in [0, 0.05) is 19.8 Å². The molecule has 0 radical (unpaired) electrons. The Kier molecular flexibility index (Phi) is 14.4. The minimum atomic E-state index is -4.67. The molecule has 126 valence electrons. The van der Waals surface area contributed by atoms with Gasteiger partial charge in [0.1, 0.15) is 0 Å². The van der Waals surface area contributed by atoms with Crippen LogP contribution in [-0.2, 0) is 22.0 Å². The number of hydrogen-bond acceptors (Lipinski definition) is 7. The van der Waals surface area contributed by atoms with Gasteiger partial charge in [-0.25, -0.2) is 0 Å². The van der Waals surface area contributed by atoms with Gasteiger partial charge in [-0.2, -0.15) is 0 Å². The van der Waals surface area contributed by atoms with Crippen molar-refractivity contribution in [2.45, 2.75) is 18.2 Å². The Bertz CT molecular complexity index is 524. The van der Waals surface area contributed by atoms with Crippen LogP contribution in [0.25, 0.3) is 0 Å². The molecule has 0 aliphatic heterocycles. The van der Waals surface area contributed by atoms with Gasteiger partial charge < -0.3 is 29.3 Å². The van der Waals surface area contributed by atoms with Crippen molar-refractivity contribution in [1.29, 1.82) is 0 Å². The topological polar surface area (TPSA) is 116 Å². The second-order valence-corrected chi connectivity index (χ2v) is 6.91. The van der Waals surface area contributed by atoms with E-state index in [0.29, 0.717) is 11.1 Å². The molecule has 24 heavy (non-hydrogen) atoms. The number of hydrogen-bond donors (Lipinski definition) is 2. The van der Waals surface area contributed by atoms with E-state index in [4.69, 9.17) is 4.74 Å². The molecule has 0 aromatic heterocycles. The van der Waals surface area contributed by atoms with E-state index in [2.05, 4.69) is 0 Å². The van der Waals surface area contributed by atoms with Crippen molar-refractivity contribution in [3.63, 3.8) is 0 Å². The minimum Gasteiger partial charge on any atom is -0.810 e. The summed E-state index contributed by atoms with van der Waals surface area (Å²) in [5.74, 6) is 0. The number of methoxy groups -OCH3 is 1. The second kappa shape index (κ2) is 12.6. The molecule has 0 amide bonds. The van der Waals surface area contributed by atoms with Gasteiger partial charge in [0.2, 0.25) is 0 Å². The van der Waals surface area contributed by atoms with Gasteiger partial charge in [0.05, 0.1) is 25.4 Å². The van der Waals surface area contributed by atoms with Gasteiger partial charge in [-0.05, 0) is 18.2 Å². The molecule has 7 nitrogen and oxygen atoms in total. The van der Waals surface area contributed by atoms with Gasteiger partial charge in [0.15, 0.2) is 0 Å². The van der Waals surface area contributed by atoms with Crippen LogP contribution in [0.2, 0.25) is 0 Å². The molecule has 0 unspecified atom stereocenters. The maximum absolute atomic E-state index is 11.0. The average Bonchev–Trinajstić information content (AvgIpc) is 2.45. The van der Waals surface area contributed by atoms with Crippen LogP contribution in [0.15, 0.2) is 24.3 Å². The number of aliphatic hydroxyl groups is 2. The van der Waals surface area contributed by atoms with Crippen molar-refractivity contribution in [2.24, 2.45) is 0 Å². The molecule has 10 heteroatoms. The van der Waals surface area contributed by atoms with Crippen LogP contribution in [0.1, 0.15) is 11.1 Å². The van der Waals surface area contributed by atoms with Crippen LogP contribution >= 0.6 is 7.60 Å². The van der Waals surface area contributed by atoms with Gasteiger partial charge in [0.25, 0.3) is 0 Å². The first-order valence-electron chi connectivity index (χ1n) is 6.78. The smallest absolute Gasteiger partial charge is 0.810 e. The first kappa shape index (κ1) is 27.4. The molecule has 1 aromatic carbocycles. The van der Waals surface area contributed by atoms with E-state index in [1.807, 2.05) is 0 Å². The van der Waals surface area contributed by atoms with Crippen molar-refractivity contribution < 1.29 is 88.4 Å². The average molecular weight is 377 g/mol. The van der Waals surface area contributed by atoms with Crippen molar-refractivity contribution in [2.75, 3.05) is 34.0 Å². The van der Waals surface area contributed by atoms with Crippen molar-refractivity contribution in [3.8, 4) is 0 Å². The number of nitrogens with zero attached hydrogens (tertiary/aromatic N) is 1. The molecule has 0 fully saturated rings. The first-order chi connectivity index (χ1) is 10.3. The van der Waals surface area contributed by atoms with E-state index < -0.39 is 19.3 Å². The van der Waals surface area contributed by atoms with Crippen molar-refractivity contribution in [1.82, 2.24) is 4.90 Å². The Morgan fingerprint density at radius 2 is 1.67 bits per heavy atom. The molecule has 0 aliphatic rings. The summed E-state index contributed by atoms with van der Waals surface area (Å²) in [6.45, 7) is -0.268. The van der Waals surface area contributed by atoms with E-state index in [0.717, 1.165) is 0 Å². The Hall–Kier alpha value is 1.21. The van der Waals surface area contributed by atoms with E-state index in [9.17, 15) is 24.6 Å². The summed E-state index contributed by atoms with van der Waals surface area (Å²) in [6, 6.07) is 6.70. The van der Waals surface area contributed by atoms with Crippen LogP contribution in [0, 0.1) is 0 Å². The summed E-state index contributed by atoms with van der Waals surface area (Å²) in [5.41, 5.74) is 0.0877. The number of ether oxygens (including phenoxy) is 1. The predicted octanol–water partition coefficient (Wildman–Crippen LogP) is -7.09. The van der Waals surface area contributed by atoms with E-state index >= 15 is 0 Å². The molecule has 0 heterocycles. The predicted molar refractivity (Wildman–Crippen MR) is 78.0 cm³/mol. The summed E-state index contributed by atoms with van der Waals surface area (Å²) in [4.78, 5) is 23.7. The molecule has 0 atom stereocenters. The van der Waals surface area contributed by atoms with Gasteiger partial charge >= 0.3 is 59.1 Å². The number of benzene rings is 1. The largest absolute Gasteiger partial charge is 1.00 e. The number of rotatable bonds is 9. The van der Waals surface area contributed by atoms with Crippen LogP contribution in [0.4, 0.5) is 0 Å². The first-order valence-corrected chi connectivity index (χ1v) is 8.50. The van der Waals surface area contributed by atoms with Crippen molar-refractivity contribution >= 4 is 7.60 Å². The van der Waals surface area contributed by atoms with Crippen LogP contribution in [-0.4, -0.2) is 54.6 Å². The van der Waals surface area contributed by atoms with E-state index in [-0.39, 0.29) is 85.5 Å². The Morgan fingerprint density at radius 3 is 2.08 bits per heavy atom. The Labute approximate surface area is 187 Å². The van der Waals surface area contributed by atoms with Gasteiger partial charge in [-0.1, -0.05) is 31.9 Å². The van der Waals surface area contributed by atoms with E-state index in [1.54, 1.807) is 36.2 Å². The third-order valence-corrected chi connectivity index (χ3v) is 4.43. The van der Waals surface area contributed by atoms with Crippen molar-refractivity contribution in [3.05, 3.63) is 35.4 Å². The quantitative estimate of drug-likeness (QED) is 0.325. The fourth-order valence-corrected chi connectivity index (χ4v) is 2.99. The zero-order chi connectivity index (χ0) is 16.8. The summed E-state index contributed by atoms with van der Waals surface area (Å²) in [6.07, 6.45) is -0.563. The molecule has 0 bridgehead atoms. The van der Waals surface area contributed by atoms with Gasteiger partial charge in [-0.3, -0.25) is 4.90 Å². The SMILES string of the molecule is COCC(CO)(CO)N(C)Cc1ccccc1CP(=O)([O-])[O-].[Na+].[Na+]. The Morgan fingerprint density at radius 1 is 1.17 bits per heavy atom. The molecule has 0 saturated heterocycles. The maximum atomic E-state index is 11.0. The fourth-order valence-electron chi connectivity index (χ4n) is 2.26. The minimum absolute atomic E-state index is 0. The third kappa shape index (κ3) is 8.27. The summed E-state index contributed by atoms with van der Waals surface area (Å²) in [7, 11) is -1.51. The summed E-state index contributed by atoms with van der Waals surface area (Å²) >= 11 is 0. The van der Waals surface area contributed by atoms with E-state index in [1.165, 1.54) is 7.11 Å². The molecule has 0 spiro atoms.